The number of likely N-dealkylation sites (tertiary alicyclic amines) is 1. The smallest absolute Gasteiger partial charge is 0.305 e. The second kappa shape index (κ2) is 19.2. The number of methoxy groups -OCH3 is 3. The lowest BCUT2D eigenvalue weighted by Gasteiger charge is -2.38. The molecule has 2 atom stereocenters. The van der Waals surface area contributed by atoms with Gasteiger partial charge in [0.1, 0.15) is 17.1 Å². The molecule has 0 aromatic heterocycles. The third-order valence-electron chi connectivity index (χ3n) is 9.41. The molecule has 8 heteroatoms. The molecular weight excluding hydrogens is 606 g/mol. The highest BCUT2D eigenvalue weighted by atomic mass is 16.6. The van der Waals surface area contributed by atoms with Gasteiger partial charge >= 0.3 is 5.97 Å². The maximum atomic E-state index is 13.0. The van der Waals surface area contributed by atoms with E-state index in [1.165, 1.54) is 7.11 Å². The summed E-state index contributed by atoms with van der Waals surface area (Å²) >= 11 is 0. The fraction of sp³-hybridized carbons (Fsp3) is 0.500. The van der Waals surface area contributed by atoms with Crippen molar-refractivity contribution in [3.05, 3.63) is 95.6 Å². The number of hydrogen-bond acceptors (Lipinski definition) is 7. The summed E-state index contributed by atoms with van der Waals surface area (Å²) < 4.78 is 22.4. The molecule has 1 aliphatic rings. The van der Waals surface area contributed by atoms with E-state index >= 15 is 0 Å². The molecule has 1 unspecified atom stereocenters. The summed E-state index contributed by atoms with van der Waals surface area (Å²) in [6.45, 7) is 1.34. The first-order chi connectivity index (χ1) is 23.4. The minimum atomic E-state index is -1.10. The van der Waals surface area contributed by atoms with Crippen LogP contribution in [-0.4, -0.2) is 62.6 Å². The lowest BCUT2D eigenvalue weighted by molar-refractivity contribution is -0.167. The van der Waals surface area contributed by atoms with Gasteiger partial charge in [-0.2, -0.15) is 0 Å². The van der Waals surface area contributed by atoms with Crippen molar-refractivity contribution in [2.24, 2.45) is 5.92 Å². The standard InChI is InChI=1S/C40H53NO7/c1-45-35-23-19-33(20-24-35)40(32-15-11-10-12-16-32,34-21-25-36(46-2)26-22-34)48-39(44)29-31-27-28-41(30-31)37(42)17-13-8-6-4-5-7-9-14-18-38(43)47-3/h10-12,15-16,19-26,31,39,44H,4-9,13-14,17-18,27-30H2,1-3H3/t31?,39-/m1/s1. The van der Waals surface area contributed by atoms with Crippen LogP contribution < -0.4 is 9.47 Å². The number of aliphatic hydroxyl groups excluding tert-OH is 1. The summed E-state index contributed by atoms with van der Waals surface area (Å²) in [5, 5.41) is 11.6. The van der Waals surface area contributed by atoms with Crippen LogP contribution in [0, 0.1) is 5.92 Å². The number of benzene rings is 3. The van der Waals surface area contributed by atoms with Crippen LogP contribution in [0.1, 0.15) is 93.7 Å². The van der Waals surface area contributed by atoms with E-state index in [2.05, 4.69) is 4.74 Å². The van der Waals surface area contributed by atoms with Gasteiger partial charge in [-0.3, -0.25) is 9.59 Å². The number of rotatable bonds is 20. The number of amides is 1. The molecule has 1 heterocycles. The summed E-state index contributed by atoms with van der Waals surface area (Å²) in [4.78, 5) is 26.2. The van der Waals surface area contributed by atoms with E-state index in [1.54, 1.807) is 14.2 Å². The quantitative estimate of drug-likeness (QED) is 0.0577. The minimum Gasteiger partial charge on any atom is -0.497 e. The molecule has 8 nitrogen and oxygen atoms in total. The molecule has 4 rings (SSSR count). The SMILES string of the molecule is COC(=O)CCCCCCCCCCC(=O)N1CCC(C[C@H](O)OC(c2ccccc2)(c2ccc(OC)cc2)c2ccc(OC)cc2)C1. The Morgan fingerprint density at radius 2 is 1.23 bits per heavy atom. The van der Waals surface area contributed by atoms with Crippen molar-refractivity contribution in [3.8, 4) is 11.5 Å². The molecule has 48 heavy (non-hydrogen) atoms. The second-order valence-electron chi connectivity index (χ2n) is 12.7. The average Bonchev–Trinajstić information content (AvgIpc) is 3.60. The van der Waals surface area contributed by atoms with E-state index in [9.17, 15) is 14.7 Å². The average molecular weight is 660 g/mol. The van der Waals surface area contributed by atoms with E-state index in [0.717, 1.165) is 86.0 Å². The maximum Gasteiger partial charge on any atom is 0.305 e. The normalized spacial score (nSPS) is 15.2. The molecule has 1 N–H and O–H groups in total. The number of aliphatic hydroxyl groups is 1. The van der Waals surface area contributed by atoms with Crippen molar-refractivity contribution in [1.29, 1.82) is 0 Å². The van der Waals surface area contributed by atoms with Crippen molar-refractivity contribution in [2.45, 2.75) is 88.9 Å². The Kier molecular flexibility index (Phi) is 14.8. The molecule has 3 aromatic rings. The monoisotopic (exact) mass is 659 g/mol. The first-order valence-electron chi connectivity index (χ1n) is 17.4. The molecule has 0 saturated carbocycles. The van der Waals surface area contributed by atoms with Crippen molar-refractivity contribution < 1.29 is 33.6 Å². The van der Waals surface area contributed by atoms with Gasteiger partial charge in [0.25, 0.3) is 0 Å². The van der Waals surface area contributed by atoms with E-state index in [-0.39, 0.29) is 17.8 Å². The van der Waals surface area contributed by atoms with Crippen LogP contribution >= 0.6 is 0 Å². The second-order valence-corrected chi connectivity index (χ2v) is 12.7. The van der Waals surface area contributed by atoms with Crippen LogP contribution in [0.2, 0.25) is 0 Å². The molecule has 1 fully saturated rings. The Hall–Kier alpha value is -3.88. The number of carbonyl (C=O) groups excluding carboxylic acids is 2. The molecule has 0 aliphatic carbocycles. The molecule has 3 aromatic carbocycles. The molecule has 1 amide bonds. The zero-order valence-corrected chi connectivity index (χ0v) is 28.9. The van der Waals surface area contributed by atoms with Gasteiger partial charge in [-0.05, 0) is 66.1 Å². The third kappa shape index (κ3) is 10.3. The fourth-order valence-electron chi connectivity index (χ4n) is 6.68. The van der Waals surface area contributed by atoms with Crippen LogP contribution in [0.15, 0.2) is 78.9 Å². The Labute approximate surface area is 286 Å². The van der Waals surface area contributed by atoms with Crippen molar-refractivity contribution in [1.82, 2.24) is 4.90 Å². The highest BCUT2D eigenvalue weighted by molar-refractivity contribution is 5.76. The summed E-state index contributed by atoms with van der Waals surface area (Å²) in [5.74, 6) is 1.67. The Balaban J connectivity index is 1.33. The number of unbranched alkanes of at least 4 members (excludes halogenated alkanes) is 7. The van der Waals surface area contributed by atoms with E-state index in [4.69, 9.17) is 14.2 Å². The van der Waals surface area contributed by atoms with Gasteiger partial charge in [0.15, 0.2) is 6.29 Å². The van der Waals surface area contributed by atoms with Crippen LogP contribution in [0.3, 0.4) is 0 Å². The van der Waals surface area contributed by atoms with Crippen LogP contribution in [-0.2, 0) is 24.7 Å². The van der Waals surface area contributed by atoms with Gasteiger partial charge in [-0.15, -0.1) is 0 Å². The van der Waals surface area contributed by atoms with Crippen molar-refractivity contribution in [3.63, 3.8) is 0 Å². The zero-order chi connectivity index (χ0) is 34.2. The Morgan fingerprint density at radius 3 is 1.75 bits per heavy atom. The van der Waals surface area contributed by atoms with Gasteiger partial charge < -0.3 is 29.0 Å². The minimum absolute atomic E-state index is 0.131. The van der Waals surface area contributed by atoms with Gasteiger partial charge in [0, 0.05) is 32.4 Å². The van der Waals surface area contributed by atoms with Crippen LogP contribution in [0.5, 0.6) is 11.5 Å². The van der Waals surface area contributed by atoms with Gasteiger partial charge in [-0.25, -0.2) is 0 Å². The predicted molar refractivity (Wildman–Crippen MR) is 187 cm³/mol. The van der Waals surface area contributed by atoms with Crippen LogP contribution in [0.25, 0.3) is 0 Å². The summed E-state index contributed by atoms with van der Waals surface area (Å²) in [6, 6.07) is 25.5. The maximum absolute atomic E-state index is 13.0. The number of carbonyl (C=O) groups is 2. The first-order valence-corrected chi connectivity index (χ1v) is 17.4. The summed E-state index contributed by atoms with van der Waals surface area (Å²) in [7, 11) is 4.71. The van der Waals surface area contributed by atoms with Gasteiger partial charge in [0.2, 0.25) is 5.91 Å². The zero-order valence-electron chi connectivity index (χ0n) is 28.9. The molecule has 0 spiro atoms. The predicted octanol–water partition coefficient (Wildman–Crippen LogP) is 7.64. The lowest BCUT2D eigenvalue weighted by Crippen LogP contribution is -2.38. The van der Waals surface area contributed by atoms with Gasteiger partial charge in [0.05, 0.1) is 21.3 Å². The number of hydrogen-bond donors (Lipinski definition) is 1. The lowest BCUT2D eigenvalue weighted by atomic mass is 9.80. The molecule has 260 valence electrons. The first kappa shape index (κ1) is 36.9. The van der Waals surface area contributed by atoms with E-state index in [0.29, 0.717) is 32.4 Å². The number of ether oxygens (including phenoxy) is 4. The highest BCUT2D eigenvalue weighted by Gasteiger charge is 2.41. The highest BCUT2D eigenvalue weighted by Crippen LogP contribution is 2.43. The fourth-order valence-corrected chi connectivity index (χ4v) is 6.68. The van der Waals surface area contributed by atoms with Crippen LogP contribution in [0.4, 0.5) is 0 Å². The largest absolute Gasteiger partial charge is 0.497 e. The summed E-state index contributed by atoms with van der Waals surface area (Å²) in [5.41, 5.74) is 1.51. The molecule has 0 radical (unpaired) electrons. The number of esters is 1. The Morgan fingerprint density at radius 1 is 0.729 bits per heavy atom. The molecule has 1 saturated heterocycles. The topological polar surface area (TPSA) is 94.5 Å². The third-order valence-corrected chi connectivity index (χ3v) is 9.41. The summed E-state index contributed by atoms with van der Waals surface area (Å²) in [6.07, 6.45) is 9.73. The van der Waals surface area contributed by atoms with E-state index in [1.807, 2.05) is 83.8 Å². The number of nitrogens with zero attached hydrogens (tertiary/aromatic N) is 1. The van der Waals surface area contributed by atoms with Crippen molar-refractivity contribution in [2.75, 3.05) is 34.4 Å². The molecule has 1 aliphatic heterocycles. The Bertz CT molecular complexity index is 1330. The molecular formula is C40H53NO7. The van der Waals surface area contributed by atoms with E-state index < -0.39 is 11.9 Å². The molecule has 0 bridgehead atoms. The van der Waals surface area contributed by atoms with Crippen molar-refractivity contribution >= 4 is 11.9 Å². The van der Waals surface area contributed by atoms with Gasteiger partial charge in [-0.1, -0.05) is 93.1 Å².